The van der Waals surface area contributed by atoms with E-state index in [1.54, 1.807) is 12.4 Å². The fourth-order valence-corrected chi connectivity index (χ4v) is 1.43. The van der Waals surface area contributed by atoms with E-state index in [0.29, 0.717) is 0 Å². The van der Waals surface area contributed by atoms with Crippen LogP contribution in [0.2, 0.25) is 0 Å². The zero-order chi connectivity index (χ0) is 14.0. The number of nitrogens with zero attached hydrogens (tertiary/aromatic N) is 2. The van der Waals surface area contributed by atoms with Gasteiger partial charge in [-0.1, -0.05) is 60.7 Å². The molecular weight excluding hydrogens is 252 g/mol. The second kappa shape index (κ2) is 7.48. The number of rotatable bonds is 4. The van der Waals surface area contributed by atoms with Crippen molar-refractivity contribution >= 4 is 18.5 Å². The Morgan fingerprint density at radius 3 is 1.55 bits per heavy atom. The molecule has 5 heteroatoms. The van der Waals surface area contributed by atoms with Crippen LogP contribution in [0.5, 0.6) is 0 Å². The SMILES string of the molecule is O=C(N/N=C\c1ccccc1)N/N=C/c1ccccc1. The van der Waals surface area contributed by atoms with Gasteiger partial charge in [0.2, 0.25) is 0 Å². The number of carbonyl (C=O) groups excluding carboxylic acids is 1. The van der Waals surface area contributed by atoms with Gasteiger partial charge in [-0.15, -0.1) is 0 Å². The van der Waals surface area contributed by atoms with Crippen molar-refractivity contribution in [3.05, 3.63) is 71.8 Å². The van der Waals surface area contributed by atoms with Crippen molar-refractivity contribution in [1.82, 2.24) is 10.9 Å². The molecule has 5 nitrogen and oxygen atoms in total. The van der Waals surface area contributed by atoms with Crippen LogP contribution in [0.4, 0.5) is 4.79 Å². The minimum Gasteiger partial charge on any atom is -0.245 e. The van der Waals surface area contributed by atoms with Crippen LogP contribution in [-0.4, -0.2) is 18.5 Å². The average Bonchev–Trinajstić information content (AvgIpc) is 2.49. The van der Waals surface area contributed by atoms with Crippen molar-refractivity contribution in [2.24, 2.45) is 10.2 Å². The van der Waals surface area contributed by atoms with E-state index in [-0.39, 0.29) is 0 Å². The van der Waals surface area contributed by atoms with Crippen LogP contribution in [0.3, 0.4) is 0 Å². The van der Waals surface area contributed by atoms with Crippen LogP contribution in [0.25, 0.3) is 0 Å². The molecule has 2 N–H and O–H groups in total. The van der Waals surface area contributed by atoms with Crippen LogP contribution >= 0.6 is 0 Å². The van der Waals surface area contributed by atoms with Gasteiger partial charge in [-0.05, 0) is 11.1 Å². The highest BCUT2D eigenvalue weighted by atomic mass is 16.2. The van der Waals surface area contributed by atoms with Gasteiger partial charge in [0.25, 0.3) is 0 Å². The number of benzene rings is 2. The summed E-state index contributed by atoms with van der Waals surface area (Å²) in [5.41, 5.74) is 6.45. The van der Waals surface area contributed by atoms with Crippen LogP contribution in [-0.2, 0) is 0 Å². The minimum atomic E-state index is -0.496. The maximum Gasteiger partial charge on any atom is 0.355 e. The number of amides is 2. The predicted octanol–water partition coefficient (Wildman–Crippen LogP) is 2.35. The number of hydrogen-bond donors (Lipinski definition) is 2. The zero-order valence-electron chi connectivity index (χ0n) is 10.7. The van der Waals surface area contributed by atoms with Crippen molar-refractivity contribution in [3.63, 3.8) is 0 Å². The molecule has 0 aliphatic rings. The van der Waals surface area contributed by atoms with Crippen molar-refractivity contribution in [2.45, 2.75) is 0 Å². The molecule has 0 saturated heterocycles. The Kier molecular flexibility index (Phi) is 5.04. The molecule has 0 aliphatic heterocycles. The Labute approximate surface area is 117 Å². The topological polar surface area (TPSA) is 65.8 Å². The molecule has 0 atom stereocenters. The lowest BCUT2D eigenvalue weighted by Crippen LogP contribution is -2.28. The fraction of sp³-hybridized carbons (Fsp3) is 0. The third-order valence-corrected chi connectivity index (χ3v) is 2.36. The van der Waals surface area contributed by atoms with Crippen LogP contribution in [0.15, 0.2) is 70.9 Å². The van der Waals surface area contributed by atoms with E-state index in [2.05, 4.69) is 21.1 Å². The molecule has 2 aromatic carbocycles. The first kappa shape index (κ1) is 13.5. The van der Waals surface area contributed by atoms with E-state index in [4.69, 9.17) is 0 Å². The third kappa shape index (κ3) is 4.73. The highest BCUT2D eigenvalue weighted by Gasteiger charge is 1.93. The summed E-state index contributed by atoms with van der Waals surface area (Å²) in [6, 6.07) is 18.4. The van der Waals surface area contributed by atoms with E-state index in [1.165, 1.54) is 0 Å². The number of carbonyl (C=O) groups is 1. The second-order valence-electron chi connectivity index (χ2n) is 3.89. The summed E-state index contributed by atoms with van der Waals surface area (Å²) in [6.07, 6.45) is 3.11. The van der Waals surface area contributed by atoms with Crippen molar-refractivity contribution in [3.8, 4) is 0 Å². The summed E-state index contributed by atoms with van der Waals surface area (Å²) in [5, 5.41) is 7.61. The quantitative estimate of drug-likeness (QED) is 0.647. The van der Waals surface area contributed by atoms with Gasteiger partial charge in [0.05, 0.1) is 12.4 Å². The predicted molar refractivity (Wildman–Crippen MR) is 79.7 cm³/mol. The van der Waals surface area contributed by atoms with Gasteiger partial charge >= 0.3 is 6.03 Å². The molecule has 0 unspecified atom stereocenters. The Hall–Kier alpha value is -2.95. The molecule has 100 valence electrons. The first-order valence-electron chi connectivity index (χ1n) is 6.07. The van der Waals surface area contributed by atoms with Crippen LogP contribution in [0, 0.1) is 0 Å². The molecule has 2 aromatic rings. The number of urea groups is 1. The molecule has 0 fully saturated rings. The number of nitrogens with one attached hydrogen (secondary N) is 2. The van der Waals surface area contributed by atoms with Crippen molar-refractivity contribution < 1.29 is 4.79 Å². The summed E-state index contributed by atoms with van der Waals surface area (Å²) in [7, 11) is 0. The molecule has 0 heterocycles. The molecule has 0 aliphatic carbocycles. The molecule has 0 bridgehead atoms. The van der Waals surface area contributed by atoms with Gasteiger partial charge in [0.1, 0.15) is 0 Å². The fourth-order valence-electron chi connectivity index (χ4n) is 1.43. The van der Waals surface area contributed by atoms with Gasteiger partial charge in [0, 0.05) is 0 Å². The summed E-state index contributed by atoms with van der Waals surface area (Å²) >= 11 is 0. The standard InChI is InChI=1S/C15H14N4O/c20-15(18-16-11-13-7-3-1-4-8-13)19-17-12-14-9-5-2-6-10-14/h1-12H,(H2,18,19,20)/b16-11-,17-12+. The lowest BCUT2D eigenvalue weighted by atomic mass is 10.2. The lowest BCUT2D eigenvalue weighted by Gasteiger charge is -1.97. The van der Waals surface area contributed by atoms with Gasteiger partial charge in [-0.3, -0.25) is 0 Å². The highest BCUT2D eigenvalue weighted by molar-refractivity contribution is 5.83. The summed E-state index contributed by atoms with van der Waals surface area (Å²) in [6.45, 7) is 0. The first-order chi connectivity index (χ1) is 9.84. The minimum absolute atomic E-state index is 0.496. The summed E-state index contributed by atoms with van der Waals surface area (Å²) < 4.78 is 0. The van der Waals surface area contributed by atoms with Crippen molar-refractivity contribution in [2.75, 3.05) is 0 Å². The largest absolute Gasteiger partial charge is 0.355 e. The van der Waals surface area contributed by atoms with Gasteiger partial charge in [-0.25, -0.2) is 15.6 Å². The van der Waals surface area contributed by atoms with E-state index >= 15 is 0 Å². The Balaban J connectivity index is 1.76. The maximum absolute atomic E-state index is 11.4. The lowest BCUT2D eigenvalue weighted by molar-refractivity contribution is 0.242. The normalized spacial score (nSPS) is 10.8. The molecule has 0 aromatic heterocycles. The second-order valence-corrected chi connectivity index (χ2v) is 3.89. The van der Waals surface area contributed by atoms with E-state index in [1.807, 2.05) is 60.7 Å². The maximum atomic E-state index is 11.4. The Morgan fingerprint density at radius 1 is 0.750 bits per heavy atom. The van der Waals surface area contributed by atoms with E-state index in [0.717, 1.165) is 11.1 Å². The molecule has 0 saturated carbocycles. The van der Waals surface area contributed by atoms with Gasteiger partial charge in [-0.2, -0.15) is 10.2 Å². The molecular formula is C15H14N4O. The van der Waals surface area contributed by atoms with E-state index < -0.39 is 6.03 Å². The average molecular weight is 266 g/mol. The van der Waals surface area contributed by atoms with Gasteiger partial charge < -0.3 is 0 Å². The van der Waals surface area contributed by atoms with E-state index in [9.17, 15) is 4.79 Å². The van der Waals surface area contributed by atoms with Crippen molar-refractivity contribution in [1.29, 1.82) is 0 Å². The number of hydrogen-bond acceptors (Lipinski definition) is 3. The Bertz CT molecular complexity index is 540. The smallest absolute Gasteiger partial charge is 0.245 e. The molecule has 2 amide bonds. The molecule has 0 spiro atoms. The monoisotopic (exact) mass is 266 g/mol. The van der Waals surface area contributed by atoms with Gasteiger partial charge in [0.15, 0.2) is 0 Å². The molecule has 0 radical (unpaired) electrons. The zero-order valence-corrected chi connectivity index (χ0v) is 10.7. The van der Waals surface area contributed by atoms with Crippen LogP contribution < -0.4 is 10.9 Å². The number of hydrazone groups is 2. The Morgan fingerprint density at radius 2 is 1.15 bits per heavy atom. The third-order valence-electron chi connectivity index (χ3n) is 2.36. The van der Waals surface area contributed by atoms with Crippen LogP contribution in [0.1, 0.15) is 11.1 Å². The summed E-state index contributed by atoms with van der Waals surface area (Å²) in [4.78, 5) is 11.4. The summed E-state index contributed by atoms with van der Waals surface area (Å²) in [5.74, 6) is 0. The highest BCUT2D eigenvalue weighted by Crippen LogP contribution is 1.94. The molecule has 20 heavy (non-hydrogen) atoms. The molecule has 2 rings (SSSR count). The first-order valence-corrected chi connectivity index (χ1v) is 6.07.